The Hall–Kier alpha value is -3.71. The van der Waals surface area contributed by atoms with Crippen molar-refractivity contribution in [1.82, 2.24) is 15.1 Å². The molecule has 0 fully saturated rings. The third-order valence-corrected chi connectivity index (χ3v) is 6.14. The Morgan fingerprint density at radius 2 is 1.67 bits per heavy atom. The van der Waals surface area contributed by atoms with Gasteiger partial charge in [0.1, 0.15) is 0 Å². The molecule has 3 aromatic carbocycles. The van der Waals surface area contributed by atoms with Crippen LogP contribution in [0.25, 0.3) is 16.9 Å². The predicted molar refractivity (Wildman–Crippen MR) is 128 cm³/mol. The fraction of sp³-hybridized carbons (Fsp3) is 0.125. The summed E-state index contributed by atoms with van der Waals surface area (Å²) in [5, 5.41) is 25.3. The Bertz CT molecular complexity index is 1440. The lowest BCUT2D eigenvalue weighted by Crippen LogP contribution is -2.35. The van der Waals surface area contributed by atoms with E-state index in [0.717, 1.165) is 17.7 Å². The lowest BCUT2D eigenvalue weighted by atomic mass is 10.1. The molecule has 0 aliphatic rings. The van der Waals surface area contributed by atoms with Gasteiger partial charge in [0.05, 0.1) is 27.5 Å². The van der Waals surface area contributed by atoms with Gasteiger partial charge in [-0.1, -0.05) is 36.4 Å². The Kier molecular flexibility index (Phi) is 7.13. The van der Waals surface area contributed by atoms with Gasteiger partial charge in [0.15, 0.2) is 6.35 Å². The fourth-order valence-electron chi connectivity index (χ4n) is 3.50. The van der Waals surface area contributed by atoms with Crippen LogP contribution in [0.3, 0.4) is 0 Å². The van der Waals surface area contributed by atoms with Gasteiger partial charge in [-0.25, -0.2) is 18.2 Å². The Morgan fingerprint density at radius 3 is 2.31 bits per heavy atom. The summed E-state index contributed by atoms with van der Waals surface area (Å²) in [4.78, 5) is -0.0367. The van der Waals surface area contributed by atoms with Crippen LogP contribution < -0.4 is 15.8 Å². The smallest absolute Gasteiger partial charge is 0.361 e. The molecular weight excluding hydrogens is 495 g/mol. The summed E-state index contributed by atoms with van der Waals surface area (Å²) in [5.41, 5.74) is 1.91. The summed E-state index contributed by atoms with van der Waals surface area (Å²) < 4.78 is 63.6. The number of alkyl halides is 3. The van der Waals surface area contributed by atoms with Gasteiger partial charge in [-0.05, 0) is 48.5 Å². The predicted octanol–water partition coefficient (Wildman–Crippen LogP) is 3.68. The van der Waals surface area contributed by atoms with Crippen molar-refractivity contribution >= 4 is 15.7 Å². The maximum absolute atomic E-state index is 12.9. The van der Waals surface area contributed by atoms with Gasteiger partial charge < -0.3 is 10.4 Å². The average Bonchev–Trinajstić information content (AvgIpc) is 3.27. The van der Waals surface area contributed by atoms with E-state index in [-0.39, 0.29) is 17.1 Å². The molecule has 188 valence electrons. The standard InChI is InChI=1S/C24H22F3N5O3S/c25-24(26,27)17-7-4-8-18(13-17)30-23(33)29-15-19-14-22(16-5-2-1-3-6-16)32(31-19)20-9-11-21(12-10-20)36(28,34)35/h1-14,23,29-30,33H,15H2,(H2,28,34,35). The van der Waals surface area contributed by atoms with E-state index in [2.05, 4.69) is 15.7 Å². The van der Waals surface area contributed by atoms with Crippen LogP contribution >= 0.6 is 0 Å². The number of hydrogen-bond acceptors (Lipinski definition) is 6. The van der Waals surface area contributed by atoms with Crippen LogP contribution in [0.4, 0.5) is 18.9 Å². The van der Waals surface area contributed by atoms with Crippen molar-refractivity contribution in [3.63, 3.8) is 0 Å². The van der Waals surface area contributed by atoms with Crippen LogP contribution in [-0.2, 0) is 22.7 Å². The molecule has 12 heteroatoms. The zero-order chi connectivity index (χ0) is 25.9. The van der Waals surface area contributed by atoms with Gasteiger partial charge in [0.2, 0.25) is 10.0 Å². The van der Waals surface area contributed by atoms with E-state index in [1.807, 2.05) is 30.3 Å². The molecule has 5 N–H and O–H groups in total. The molecule has 0 amide bonds. The maximum Gasteiger partial charge on any atom is 0.416 e. The first-order chi connectivity index (χ1) is 17.0. The molecule has 0 saturated carbocycles. The number of aromatic nitrogens is 2. The fourth-order valence-corrected chi connectivity index (χ4v) is 4.02. The van der Waals surface area contributed by atoms with Gasteiger partial charge in [-0.15, -0.1) is 0 Å². The molecule has 0 bridgehead atoms. The van der Waals surface area contributed by atoms with Crippen molar-refractivity contribution in [2.75, 3.05) is 5.32 Å². The Morgan fingerprint density at radius 1 is 0.972 bits per heavy atom. The van der Waals surface area contributed by atoms with Gasteiger partial charge in [-0.3, -0.25) is 5.32 Å². The number of hydrogen-bond donors (Lipinski definition) is 4. The number of aliphatic hydroxyl groups excluding tert-OH is 1. The van der Waals surface area contributed by atoms with E-state index in [9.17, 15) is 26.7 Å². The minimum Gasteiger partial charge on any atom is -0.361 e. The van der Waals surface area contributed by atoms with Crippen LogP contribution in [0.2, 0.25) is 0 Å². The normalized spacial score (nSPS) is 12.9. The van der Waals surface area contributed by atoms with Gasteiger partial charge in [0.25, 0.3) is 0 Å². The molecule has 1 unspecified atom stereocenters. The quantitative estimate of drug-likeness (QED) is 0.265. The van der Waals surface area contributed by atoms with E-state index >= 15 is 0 Å². The molecule has 0 radical (unpaired) electrons. The number of aliphatic hydroxyl groups is 1. The highest BCUT2D eigenvalue weighted by Crippen LogP contribution is 2.30. The maximum atomic E-state index is 12.9. The summed E-state index contributed by atoms with van der Waals surface area (Å²) in [6, 6.07) is 21.5. The number of primary sulfonamides is 1. The third-order valence-electron chi connectivity index (χ3n) is 5.21. The first-order valence-corrected chi connectivity index (χ1v) is 12.2. The first kappa shape index (κ1) is 25.4. The van der Waals surface area contributed by atoms with Gasteiger partial charge in [0, 0.05) is 17.8 Å². The SMILES string of the molecule is NS(=O)(=O)c1ccc(-n2nc(CNC(O)Nc3cccc(C(F)(F)F)c3)cc2-c2ccccc2)cc1. The second kappa shape index (κ2) is 10.1. The molecule has 0 aliphatic carbocycles. The topological polar surface area (TPSA) is 122 Å². The highest BCUT2D eigenvalue weighted by molar-refractivity contribution is 7.89. The number of rotatable bonds is 8. The van der Waals surface area contributed by atoms with Crippen molar-refractivity contribution in [1.29, 1.82) is 0 Å². The van der Waals surface area contributed by atoms with Crippen molar-refractivity contribution in [2.45, 2.75) is 24.0 Å². The van der Waals surface area contributed by atoms with Crippen LogP contribution in [-0.4, -0.2) is 29.7 Å². The number of sulfonamides is 1. The minimum atomic E-state index is -4.50. The lowest BCUT2D eigenvalue weighted by molar-refractivity contribution is -0.137. The van der Waals surface area contributed by atoms with Crippen LogP contribution in [0.5, 0.6) is 0 Å². The van der Waals surface area contributed by atoms with Crippen LogP contribution in [0.1, 0.15) is 11.3 Å². The molecular formula is C24H22F3N5O3S. The van der Waals surface area contributed by atoms with E-state index < -0.39 is 28.1 Å². The van der Waals surface area contributed by atoms with Crippen LogP contribution in [0.15, 0.2) is 89.8 Å². The number of anilines is 1. The monoisotopic (exact) mass is 517 g/mol. The molecule has 1 aromatic heterocycles. The largest absolute Gasteiger partial charge is 0.416 e. The zero-order valence-electron chi connectivity index (χ0n) is 18.6. The van der Waals surface area contributed by atoms with E-state index in [0.29, 0.717) is 17.1 Å². The number of nitrogens with two attached hydrogens (primary N) is 1. The van der Waals surface area contributed by atoms with Crippen molar-refractivity contribution in [3.05, 3.63) is 96.2 Å². The highest BCUT2D eigenvalue weighted by atomic mass is 32.2. The Labute approximate surface area is 205 Å². The first-order valence-electron chi connectivity index (χ1n) is 10.6. The number of nitrogens with one attached hydrogen (secondary N) is 2. The summed E-state index contributed by atoms with van der Waals surface area (Å²) in [7, 11) is -3.85. The van der Waals surface area contributed by atoms with Gasteiger partial charge >= 0.3 is 6.18 Å². The third kappa shape index (κ3) is 6.10. The second-order valence-electron chi connectivity index (χ2n) is 7.84. The summed E-state index contributed by atoms with van der Waals surface area (Å²) in [5.74, 6) is 0. The summed E-state index contributed by atoms with van der Waals surface area (Å²) >= 11 is 0. The molecule has 4 rings (SSSR count). The molecule has 1 atom stereocenters. The highest BCUT2D eigenvalue weighted by Gasteiger charge is 2.30. The lowest BCUT2D eigenvalue weighted by Gasteiger charge is -2.16. The van der Waals surface area contributed by atoms with Crippen LogP contribution in [0, 0.1) is 0 Å². The molecule has 4 aromatic rings. The molecule has 1 heterocycles. The molecule has 36 heavy (non-hydrogen) atoms. The number of benzene rings is 3. The van der Waals surface area contributed by atoms with E-state index in [1.165, 1.54) is 24.3 Å². The van der Waals surface area contributed by atoms with E-state index in [1.54, 1.807) is 22.9 Å². The van der Waals surface area contributed by atoms with Crippen molar-refractivity contribution < 1.29 is 26.7 Å². The van der Waals surface area contributed by atoms with E-state index in [4.69, 9.17) is 5.14 Å². The zero-order valence-corrected chi connectivity index (χ0v) is 19.5. The van der Waals surface area contributed by atoms with Crippen molar-refractivity contribution in [2.24, 2.45) is 5.14 Å². The summed E-state index contributed by atoms with van der Waals surface area (Å²) in [6.45, 7) is 0.0786. The minimum absolute atomic E-state index is 0.0367. The summed E-state index contributed by atoms with van der Waals surface area (Å²) in [6.07, 6.45) is -5.85. The Balaban J connectivity index is 1.54. The second-order valence-corrected chi connectivity index (χ2v) is 9.41. The van der Waals surface area contributed by atoms with Gasteiger partial charge in [-0.2, -0.15) is 18.3 Å². The number of halogens is 3. The molecule has 0 aliphatic heterocycles. The number of nitrogens with zero attached hydrogens (tertiary/aromatic N) is 2. The molecule has 0 spiro atoms. The molecule has 0 saturated heterocycles. The van der Waals surface area contributed by atoms with Crippen molar-refractivity contribution in [3.8, 4) is 16.9 Å². The average molecular weight is 518 g/mol. The molecule has 8 nitrogen and oxygen atoms in total.